The first kappa shape index (κ1) is 16.0. The topological polar surface area (TPSA) is 86.7 Å². The molecule has 1 saturated heterocycles. The summed E-state index contributed by atoms with van der Waals surface area (Å²) in [6, 6.07) is 6.33. The van der Waals surface area contributed by atoms with Crippen LogP contribution in [0.15, 0.2) is 24.3 Å². The molecule has 2 rings (SSSR count). The monoisotopic (exact) mass is 304 g/mol. The standard InChI is InChI=1S/C16H20N2O4/c1-11-6-2-3-7-12(11)15(20)17-10-14(19)18-9-5-4-8-13(18)16(21)22/h2-3,6-7,13H,4-5,8-10H2,1H3,(H,17,20)(H,21,22). The van der Waals surface area contributed by atoms with Crippen molar-refractivity contribution in [2.24, 2.45) is 0 Å². The fraction of sp³-hybridized carbons (Fsp3) is 0.438. The molecule has 0 spiro atoms. The molecule has 1 fully saturated rings. The molecule has 0 radical (unpaired) electrons. The number of aliphatic carboxylic acids is 1. The average molecular weight is 304 g/mol. The number of piperidine rings is 1. The molecule has 2 N–H and O–H groups in total. The Hall–Kier alpha value is -2.37. The van der Waals surface area contributed by atoms with E-state index in [1.807, 2.05) is 19.1 Å². The number of carboxylic acids is 1. The zero-order valence-electron chi connectivity index (χ0n) is 12.5. The fourth-order valence-corrected chi connectivity index (χ4v) is 2.67. The number of nitrogens with zero attached hydrogens (tertiary/aromatic N) is 1. The number of rotatable bonds is 4. The summed E-state index contributed by atoms with van der Waals surface area (Å²) < 4.78 is 0. The van der Waals surface area contributed by atoms with Gasteiger partial charge in [0.1, 0.15) is 6.04 Å². The lowest BCUT2D eigenvalue weighted by Gasteiger charge is -2.33. The Bertz CT molecular complexity index is 585. The Morgan fingerprint density at radius 3 is 2.68 bits per heavy atom. The zero-order valence-corrected chi connectivity index (χ0v) is 12.5. The number of likely N-dealkylation sites (tertiary alicyclic amines) is 1. The van der Waals surface area contributed by atoms with Crippen molar-refractivity contribution in [1.82, 2.24) is 10.2 Å². The smallest absolute Gasteiger partial charge is 0.326 e. The Kier molecular flexibility index (Phi) is 5.14. The molecule has 2 amide bonds. The Morgan fingerprint density at radius 2 is 2.00 bits per heavy atom. The maximum atomic E-state index is 12.2. The molecule has 0 saturated carbocycles. The second-order valence-corrected chi connectivity index (χ2v) is 5.43. The number of hydrogen-bond acceptors (Lipinski definition) is 3. The predicted molar refractivity (Wildman–Crippen MR) is 80.5 cm³/mol. The van der Waals surface area contributed by atoms with E-state index < -0.39 is 12.0 Å². The summed E-state index contributed by atoms with van der Waals surface area (Å²) in [5, 5.41) is 11.7. The van der Waals surface area contributed by atoms with Gasteiger partial charge in [-0.25, -0.2) is 4.79 Å². The number of carbonyl (C=O) groups excluding carboxylic acids is 2. The third-order valence-electron chi connectivity index (χ3n) is 3.90. The first-order chi connectivity index (χ1) is 10.5. The summed E-state index contributed by atoms with van der Waals surface area (Å²) in [6.45, 7) is 2.06. The predicted octanol–water partition coefficient (Wildman–Crippen LogP) is 1.19. The number of hydrogen-bond donors (Lipinski definition) is 2. The lowest BCUT2D eigenvalue weighted by atomic mass is 10.0. The molecule has 118 valence electrons. The van der Waals surface area contributed by atoms with Gasteiger partial charge in [0.05, 0.1) is 6.54 Å². The van der Waals surface area contributed by atoms with Crippen LogP contribution in [0.25, 0.3) is 0 Å². The van der Waals surface area contributed by atoms with E-state index >= 15 is 0 Å². The number of benzene rings is 1. The molecule has 22 heavy (non-hydrogen) atoms. The fourth-order valence-electron chi connectivity index (χ4n) is 2.67. The molecule has 1 heterocycles. The van der Waals surface area contributed by atoms with Crippen molar-refractivity contribution in [3.05, 3.63) is 35.4 Å². The van der Waals surface area contributed by atoms with Crippen LogP contribution in [0, 0.1) is 6.92 Å². The summed E-state index contributed by atoms with van der Waals surface area (Å²) >= 11 is 0. The summed E-state index contributed by atoms with van der Waals surface area (Å²) in [6.07, 6.45) is 2.06. The number of nitrogens with one attached hydrogen (secondary N) is 1. The molecule has 6 nitrogen and oxygen atoms in total. The van der Waals surface area contributed by atoms with Gasteiger partial charge in [0.15, 0.2) is 0 Å². The summed E-state index contributed by atoms with van der Waals surface area (Å²) in [4.78, 5) is 36.8. The quantitative estimate of drug-likeness (QED) is 0.875. The Balaban J connectivity index is 1.96. The van der Waals surface area contributed by atoms with E-state index in [-0.39, 0.29) is 18.4 Å². The molecule has 1 aliphatic rings. The third-order valence-corrected chi connectivity index (χ3v) is 3.90. The van der Waals surface area contributed by atoms with E-state index in [9.17, 15) is 14.4 Å². The average Bonchev–Trinajstić information content (AvgIpc) is 2.52. The highest BCUT2D eigenvalue weighted by atomic mass is 16.4. The molecule has 0 aliphatic carbocycles. The number of carbonyl (C=O) groups is 3. The van der Waals surface area contributed by atoms with E-state index in [1.54, 1.807) is 12.1 Å². The molecular weight excluding hydrogens is 284 g/mol. The minimum atomic E-state index is -0.988. The van der Waals surface area contributed by atoms with Crippen LogP contribution >= 0.6 is 0 Å². The molecular formula is C16H20N2O4. The zero-order chi connectivity index (χ0) is 16.1. The van der Waals surface area contributed by atoms with Crippen LogP contribution < -0.4 is 5.32 Å². The van der Waals surface area contributed by atoms with Crippen molar-refractivity contribution in [3.8, 4) is 0 Å². The van der Waals surface area contributed by atoms with Crippen LogP contribution in [-0.2, 0) is 9.59 Å². The molecule has 1 atom stereocenters. The summed E-state index contributed by atoms with van der Waals surface area (Å²) in [5.74, 6) is -1.66. The highest BCUT2D eigenvalue weighted by Gasteiger charge is 2.31. The van der Waals surface area contributed by atoms with Crippen molar-refractivity contribution < 1.29 is 19.5 Å². The molecule has 6 heteroatoms. The first-order valence-corrected chi connectivity index (χ1v) is 7.37. The van der Waals surface area contributed by atoms with Crippen LogP contribution in [0.4, 0.5) is 0 Å². The van der Waals surface area contributed by atoms with E-state index in [4.69, 9.17) is 5.11 Å². The molecule has 1 aromatic rings. The van der Waals surface area contributed by atoms with Gasteiger partial charge in [0.2, 0.25) is 5.91 Å². The van der Waals surface area contributed by atoms with Gasteiger partial charge in [0, 0.05) is 12.1 Å². The SMILES string of the molecule is Cc1ccccc1C(=O)NCC(=O)N1CCCCC1C(=O)O. The van der Waals surface area contributed by atoms with Gasteiger partial charge in [-0.3, -0.25) is 9.59 Å². The summed E-state index contributed by atoms with van der Waals surface area (Å²) in [7, 11) is 0. The second-order valence-electron chi connectivity index (χ2n) is 5.43. The van der Waals surface area contributed by atoms with Crippen molar-refractivity contribution in [2.75, 3.05) is 13.1 Å². The van der Waals surface area contributed by atoms with Gasteiger partial charge >= 0.3 is 5.97 Å². The van der Waals surface area contributed by atoms with Crippen LogP contribution in [0.2, 0.25) is 0 Å². The van der Waals surface area contributed by atoms with Crippen molar-refractivity contribution >= 4 is 17.8 Å². The normalized spacial score (nSPS) is 17.9. The lowest BCUT2D eigenvalue weighted by Crippen LogP contribution is -2.51. The van der Waals surface area contributed by atoms with Crippen molar-refractivity contribution in [2.45, 2.75) is 32.2 Å². The Morgan fingerprint density at radius 1 is 1.27 bits per heavy atom. The third kappa shape index (κ3) is 3.63. The minimum Gasteiger partial charge on any atom is -0.480 e. The van der Waals surface area contributed by atoms with Crippen molar-refractivity contribution in [1.29, 1.82) is 0 Å². The lowest BCUT2D eigenvalue weighted by molar-refractivity contribution is -0.151. The van der Waals surface area contributed by atoms with Gasteiger partial charge in [-0.2, -0.15) is 0 Å². The largest absolute Gasteiger partial charge is 0.480 e. The highest BCUT2D eigenvalue weighted by Crippen LogP contribution is 2.17. The number of amides is 2. The van der Waals surface area contributed by atoms with Crippen LogP contribution in [0.5, 0.6) is 0 Å². The maximum Gasteiger partial charge on any atom is 0.326 e. The molecule has 0 aromatic heterocycles. The second kappa shape index (κ2) is 7.06. The van der Waals surface area contributed by atoms with E-state index in [2.05, 4.69) is 5.32 Å². The number of aryl methyl sites for hydroxylation is 1. The molecule has 1 unspecified atom stereocenters. The Labute approximate surface area is 129 Å². The van der Waals surface area contributed by atoms with Gasteiger partial charge in [-0.1, -0.05) is 18.2 Å². The number of carboxylic acid groups (broad SMARTS) is 1. The van der Waals surface area contributed by atoms with E-state index in [0.29, 0.717) is 18.5 Å². The molecule has 1 aliphatic heterocycles. The molecule has 0 bridgehead atoms. The molecule has 1 aromatic carbocycles. The first-order valence-electron chi connectivity index (χ1n) is 7.37. The summed E-state index contributed by atoms with van der Waals surface area (Å²) in [5.41, 5.74) is 1.34. The van der Waals surface area contributed by atoms with Gasteiger partial charge < -0.3 is 15.3 Å². The van der Waals surface area contributed by atoms with Crippen LogP contribution in [-0.4, -0.2) is 46.9 Å². The highest BCUT2D eigenvalue weighted by molar-refractivity contribution is 5.98. The van der Waals surface area contributed by atoms with E-state index in [0.717, 1.165) is 18.4 Å². The van der Waals surface area contributed by atoms with Crippen LogP contribution in [0.1, 0.15) is 35.2 Å². The minimum absolute atomic E-state index is 0.184. The maximum absolute atomic E-state index is 12.2. The van der Waals surface area contributed by atoms with Gasteiger partial charge in [-0.15, -0.1) is 0 Å². The van der Waals surface area contributed by atoms with Gasteiger partial charge in [-0.05, 0) is 37.8 Å². The van der Waals surface area contributed by atoms with Gasteiger partial charge in [0.25, 0.3) is 5.91 Å². The van der Waals surface area contributed by atoms with Crippen molar-refractivity contribution in [3.63, 3.8) is 0 Å². The van der Waals surface area contributed by atoms with Crippen LogP contribution in [0.3, 0.4) is 0 Å². The van der Waals surface area contributed by atoms with E-state index in [1.165, 1.54) is 4.90 Å².